The lowest BCUT2D eigenvalue weighted by Crippen LogP contribution is -2.25. The molecule has 2 atom stereocenters. The quantitative estimate of drug-likeness (QED) is 0.876. The van der Waals surface area contributed by atoms with Crippen molar-refractivity contribution < 1.29 is 8.42 Å². The second kappa shape index (κ2) is 6.32. The van der Waals surface area contributed by atoms with Crippen molar-refractivity contribution in [1.29, 1.82) is 0 Å². The molecular weight excluding hydrogens is 316 g/mol. The van der Waals surface area contributed by atoms with Gasteiger partial charge in [-0.2, -0.15) is 11.8 Å². The predicted molar refractivity (Wildman–Crippen MR) is 97.4 cm³/mol. The zero-order valence-electron chi connectivity index (χ0n) is 13.9. The van der Waals surface area contributed by atoms with Crippen molar-refractivity contribution in [3.05, 3.63) is 23.8 Å². The number of hydrogen-bond acceptors (Lipinski definition) is 4. The molecular formula is C16H26N2O2S2. The Morgan fingerprint density at radius 2 is 1.95 bits per heavy atom. The lowest BCUT2D eigenvalue weighted by Gasteiger charge is -2.26. The summed E-state index contributed by atoms with van der Waals surface area (Å²) in [5.41, 5.74) is 2.85. The summed E-state index contributed by atoms with van der Waals surface area (Å²) in [5.74, 6) is 1.09. The molecule has 1 aromatic rings. The highest BCUT2D eigenvalue weighted by Crippen LogP contribution is 2.40. The molecule has 2 unspecified atom stereocenters. The smallest absolute Gasteiger partial charge is 0.229 e. The van der Waals surface area contributed by atoms with E-state index in [9.17, 15) is 8.42 Å². The number of benzene rings is 1. The van der Waals surface area contributed by atoms with Crippen molar-refractivity contribution in [1.82, 2.24) is 0 Å². The van der Waals surface area contributed by atoms with E-state index in [1.165, 1.54) is 6.26 Å². The van der Waals surface area contributed by atoms with E-state index in [0.717, 1.165) is 23.4 Å². The van der Waals surface area contributed by atoms with E-state index in [1.54, 1.807) is 0 Å². The third-order valence-electron chi connectivity index (χ3n) is 3.87. The number of sulfonamides is 1. The SMILES string of the molecule is Cc1ccc(NC2CSC(C(C)(C)C)C2)cc1NS(C)(=O)=O. The molecule has 0 aliphatic carbocycles. The summed E-state index contributed by atoms with van der Waals surface area (Å²) in [6.45, 7) is 8.76. The zero-order chi connectivity index (χ0) is 16.5. The van der Waals surface area contributed by atoms with Crippen molar-refractivity contribution in [2.75, 3.05) is 22.0 Å². The molecule has 0 aromatic heterocycles. The molecule has 2 N–H and O–H groups in total. The average Bonchev–Trinajstić information content (AvgIpc) is 2.80. The molecule has 124 valence electrons. The minimum absolute atomic E-state index is 0.317. The second-order valence-corrected chi connectivity index (χ2v) is 10.2. The van der Waals surface area contributed by atoms with Crippen LogP contribution in [0.2, 0.25) is 0 Å². The molecule has 0 spiro atoms. The first kappa shape index (κ1) is 17.5. The van der Waals surface area contributed by atoms with Gasteiger partial charge in [0, 0.05) is 22.7 Å². The number of aryl methyl sites for hydroxylation is 1. The van der Waals surface area contributed by atoms with Crippen LogP contribution in [0.3, 0.4) is 0 Å². The summed E-state index contributed by atoms with van der Waals surface area (Å²) < 4.78 is 25.4. The molecule has 0 bridgehead atoms. The molecule has 2 rings (SSSR count). The van der Waals surface area contributed by atoms with Crippen LogP contribution in [0.1, 0.15) is 32.8 Å². The lowest BCUT2D eigenvalue weighted by molar-refractivity contribution is 0.382. The van der Waals surface area contributed by atoms with Gasteiger partial charge >= 0.3 is 0 Å². The summed E-state index contributed by atoms with van der Waals surface area (Å²) >= 11 is 2.02. The Bertz CT molecular complexity index is 636. The van der Waals surface area contributed by atoms with Crippen LogP contribution < -0.4 is 10.0 Å². The molecule has 1 aromatic carbocycles. The molecule has 1 saturated heterocycles. The molecule has 22 heavy (non-hydrogen) atoms. The van der Waals surface area contributed by atoms with E-state index in [-0.39, 0.29) is 0 Å². The van der Waals surface area contributed by atoms with Gasteiger partial charge in [0.2, 0.25) is 10.0 Å². The molecule has 1 fully saturated rings. The van der Waals surface area contributed by atoms with E-state index in [4.69, 9.17) is 0 Å². The van der Waals surface area contributed by atoms with Gasteiger partial charge in [-0.15, -0.1) is 0 Å². The fourth-order valence-electron chi connectivity index (χ4n) is 2.59. The third kappa shape index (κ3) is 4.81. The molecule has 4 nitrogen and oxygen atoms in total. The van der Waals surface area contributed by atoms with Crippen LogP contribution in [0.15, 0.2) is 18.2 Å². The van der Waals surface area contributed by atoms with Crippen molar-refractivity contribution >= 4 is 33.2 Å². The normalized spacial score (nSPS) is 22.6. The minimum atomic E-state index is -3.25. The number of hydrogen-bond donors (Lipinski definition) is 2. The zero-order valence-corrected chi connectivity index (χ0v) is 15.6. The van der Waals surface area contributed by atoms with Gasteiger partial charge in [0.1, 0.15) is 0 Å². The van der Waals surface area contributed by atoms with E-state index in [2.05, 4.69) is 30.8 Å². The molecule has 6 heteroatoms. The van der Waals surface area contributed by atoms with Crippen molar-refractivity contribution in [2.24, 2.45) is 5.41 Å². The first-order chi connectivity index (χ1) is 10.0. The Morgan fingerprint density at radius 3 is 2.50 bits per heavy atom. The fraction of sp³-hybridized carbons (Fsp3) is 0.625. The number of thioether (sulfide) groups is 1. The van der Waals surface area contributed by atoms with Crippen LogP contribution in [-0.2, 0) is 10.0 Å². The number of anilines is 2. The van der Waals surface area contributed by atoms with Gasteiger partial charge in [-0.05, 0) is 36.5 Å². The molecule has 1 aliphatic heterocycles. The number of nitrogens with one attached hydrogen (secondary N) is 2. The van der Waals surface area contributed by atoms with Gasteiger partial charge in [0.05, 0.1) is 11.9 Å². The standard InChI is InChI=1S/C16H26N2O2S2/c1-11-6-7-12(8-14(11)18-22(5,19)20)17-13-9-15(21-10-13)16(2,3)4/h6-8,13,15,17-18H,9-10H2,1-5H3. The summed E-state index contributed by atoms with van der Waals surface area (Å²) in [6.07, 6.45) is 2.31. The van der Waals surface area contributed by atoms with E-state index < -0.39 is 10.0 Å². The lowest BCUT2D eigenvalue weighted by atomic mass is 9.88. The first-order valence-electron chi connectivity index (χ1n) is 7.51. The van der Waals surface area contributed by atoms with Gasteiger partial charge < -0.3 is 5.32 Å². The Labute approximate surface area is 138 Å². The predicted octanol–water partition coefficient (Wildman–Crippen LogP) is 3.70. The Hall–Kier alpha value is -0.880. The van der Waals surface area contributed by atoms with Crippen molar-refractivity contribution in [2.45, 2.75) is 45.4 Å². The molecule has 0 saturated carbocycles. The van der Waals surface area contributed by atoms with Crippen molar-refractivity contribution in [3.63, 3.8) is 0 Å². The van der Waals surface area contributed by atoms with E-state index in [0.29, 0.717) is 22.4 Å². The highest BCUT2D eigenvalue weighted by molar-refractivity contribution is 8.00. The van der Waals surface area contributed by atoms with Crippen LogP contribution in [0, 0.1) is 12.3 Å². The van der Waals surface area contributed by atoms with Gasteiger partial charge in [-0.3, -0.25) is 4.72 Å². The topological polar surface area (TPSA) is 58.2 Å². The fourth-order valence-corrected chi connectivity index (χ4v) is 4.76. The highest BCUT2D eigenvalue weighted by atomic mass is 32.2. The third-order valence-corrected chi connectivity index (χ3v) is 6.35. The number of rotatable bonds is 4. The van der Waals surface area contributed by atoms with Gasteiger partial charge in [0.15, 0.2) is 0 Å². The monoisotopic (exact) mass is 342 g/mol. The maximum absolute atomic E-state index is 11.4. The Balaban J connectivity index is 2.07. The highest BCUT2D eigenvalue weighted by Gasteiger charge is 2.33. The van der Waals surface area contributed by atoms with Gasteiger partial charge in [-0.25, -0.2) is 8.42 Å². The average molecular weight is 343 g/mol. The molecule has 0 amide bonds. The second-order valence-electron chi connectivity index (χ2n) is 7.17. The molecule has 0 radical (unpaired) electrons. The summed E-state index contributed by atoms with van der Waals surface area (Å²) in [7, 11) is -3.25. The Morgan fingerprint density at radius 1 is 1.27 bits per heavy atom. The van der Waals surface area contributed by atoms with E-state index in [1.807, 2.05) is 36.9 Å². The Kier molecular flexibility index (Phi) is 5.02. The van der Waals surface area contributed by atoms with Crippen molar-refractivity contribution in [3.8, 4) is 0 Å². The summed E-state index contributed by atoms with van der Waals surface area (Å²) in [6, 6.07) is 6.27. The summed E-state index contributed by atoms with van der Waals surface area (Å²) in [5, 5.41) is 4.20. The van der Waals surface area contributed by atoms with Gasteiger partial charge in [0.25, 0.3) is 0 Å². The largest absolute Gasteiger partial charge is 0.381 e. The van der Waals surface area contributed by atoms with Crippen LogP contribution in [0.4, 0.5) is 11.4 Å². The van der Waals surface area contributed by atoms with Gasteiger partial charge in [-0.1, -0.05) is 26.8 Å². The maximum Gasteiger partial charge on any atom is 0.229 e. The van der Waals surface area contributed by atoms with Crippen LogP contribution in [0.25, 0.3) is 0 Å². The maximum atomic E-state index is 11.4. The molecule has 1 aliphatic rings. The first-order valence-corrected chi connectivity index (χ1v) is 10.5. The van der Waals surface area contributed by atoms with Crippen LogP contribution in [-0.4, -0.2) is 31.7 Å². The summed E-state index contributed by atoms with van der Waals surface area (Å²) in [4.78, 5) is 0. The van der Waals surface area contributed by atoms with Crippen LogP contribution in [0.5, 0.6) is 0 Å². The molecule has 1 heterocycles. The van der Waals surface area contributed by atoms with E-state index >= 15 is 0 Å². The van der Waals surface area contributed by atoms with Crippen LogP contribution >= 0.6 is 11.8 Å². The minimum Gasteiger partial charge on any atom is -0.381 e.